The lowest BCUT2D eigenvalue weighted by atomic mass is 10.2. The van der Waals surface area contributed by atoms with E-state index in [1.165, 1.54) is 6.07 Å². The van der Waals surface area contributed by atoms with Crippen LogP contribution in [0.25, 0.3) is 0 Å². The zero-order valence-corrected chi connectivity index (χ0v) is 9.98. The van der Waals surface area contributed by atoms with Crippen molar-refractivity contribution in [2.24, 2.45) is 0 Å². The van der Waals surface area contributed by atoms with Crippen LogP contribution in [0, 0.1) is 0 Å². The van der Waals surface area contributed by atoms with Crippen LogP contribution in [0.1, 0.15) is 5.56 Å². The topological polar surface area (TPSA) is 29.5 Å². The van der Waals surface area contributed by atoms with Gasteiger partial charge in [-0.25, -0.2) is 0 Å². The van der Waals surface area contributed by atoms with E-state index < -0.39 is 6.61 Å². The Morgan fingerprint density at radius 1 is 1.36 bits per heavy atom. The van der Waals surface area contributed by atoms with Gasteiger partial charge in [-0.2, -0.15) is 8.78 Å². The molecule has 0 aliphatic rings. The number of hydrogen-bond acceptors (Lipinski definition) is 2. The minimum Gasteiger partial charge on any atom is -0.434 e. The number of aliphatic hydroxyl groups excluding tert-OH is 1. The van der Waals surface area contributed by atoms with Gasteiger partial charge in [-0.3, -0.25) is 0 Å². The smallest absolute Gasteiger partial charge is 0.387 e. The molecule has 0 atom stereocenters. The quantitative estimate of drug-likeness (QED) is 0.920. The molecule has 0 amide bonds. The van der Waals surface area contributed by atoms with Crippen molar-refractivity contribution in [1.82, 2.24) is 0 Å². The van der Waals surface area contributed by atoms with Gasteiger partial charge >= 0.3 is 6.61 Å². The second-order valence-electron chi connectivity index (χ2n) is 2.37. The van der Waals surface area contributed by atoms with E-state index in [0.29, 0.717) is 14.5 Å². The van der Waals surface area contributed by atoms with Crippen LogP contribution < -0.4 is 4.74 Å². The predicted octanol–water partition coefficient (Wildman–Crippen LogP) is 3.31. The minimum atomic E-state index is -2.90. The van der Waals surface area contributed by atoms with Crippen LogP contribution in [0.3, 0.4) is 0 Å². The minimum absolute atomic E-state index is 0.0300. The maximum absolute atomic E-state index is 11.9. The largest absolute Gasteiger partial charge is 0.434 e. The molecular weight excluding hydrogens is 326 g/mol. The normalized spacial score (nSPS) is 10.7. The van der Waals surface area contributed by atoms with Crippen molar-refractivity contribution in [1.29, 1.82) is 0 Å². The Bertz CT molecular complexity index is 331. The van der Waals surface area contributed by atoms with Crippen molar-refractivity contribution in [3.05, 3.63) is 26.6 Å². The molecule has 0 saturated heterocycles. The molecule has 14 heavy (non-hydrogen) atoms. The Balaban J connectivity index is 3.10. The Morgan fingerprint density at radius 3 is 2.50 bits per heavy atom. The van der Waals surface area contributed by atoms with Crippen LogP contribution in [-0.4, -0.2) is 11.7 Å². The molecule has 0 radical (unpaired) electrons. The molecule has 0 saturated carbocycles. The molecule has 0 bridgehead atoms. The fourth-order valence-electron chi connectivity index (χ4n) is 0.929. The number of benzene rings is 1. The summed E-state index contributed by atoms with van der Waals surface area (Å²) in [7, 11) is 0. The van der Waals surface area contributed by atoms with Crippen LogP contribution in [-0.2, 0) is 6.61 Å². The van der Waals surface area contributed by atoms with Crippen molar-refractivity contribution in [3.63, 3.8) is 0 Å². The van der Waals surface area contributed by atoms with E-state index in [2.05, 4.69) is 36.6 Å². The van der Waals surface area contributed by atoms with Gasteiger partial charge in [0.25, 0.3) is 0 Å². The van der Waals surface area contributed by atoms with E-state index >= 15 is 0 Å². The second kappa shape index (κ2) is 5.04. The summed E-state index contributed by atoms with van der Waals surface area (Å²) in [5.74, 6) is -0.0300. The average Bonchev–Trinajstić information content (AvgIpc) is 2.11. The first-order chi connectivity index (χ1) is 6.56. The fourth-order valence-corrected chi connectivity index (χ4v) is 1.75. The number of rotatable bonds is 3. The monoisotopic (exact) mass is 330 g/mol. The van der Waals surface area contributed by atoms with Crippen LogP contribution >= 0.6 is 31.9 Å². The highest BCUT2D eigenvalue weighted by Crippen LogP contribution is 2.34. The van der Waals surface area contributed by atoms with Crippen LogP contribution in [0.5, 0.6) is 5.75 Å². The van der Waals surface area contributed by atoms with E-state index in [9.17, 15) is 8.78 Å². The predicted molar refractivity (Wildman–Crippen MR) is 54.4 cm³/mol. The summed E-state index contributed by atoms with van der Waals surface area (Å²) in [5, 5.41) is 8.96. The lowest BCUT2D eigenvalue weighted by molar-refractivity contribution is -0.0510. The molecule has 0 spiro atoms. The van der Waals surface area contributed by atoms with Crippen LogP contribution in [0.15, 0.2) is 21.1 Å². The van der Waals surface area contributed by atoms with Gasteiger partial charge in [0, 0.05) is 14.5 Å². The molecule has 78 valence electrons. The van der Waals surface area contributed by atoms with Gasteiger partial charge in [-0.1, -0.05) is 0 Å². The molecule has 0 aliphatic carbocycles. The van der Waals surface area contributed by atoms with Gasteiger partial charge in [0.15, 0.2) is 0 Å². The van der Waals surface area contributed by atoms with E-state index in [1.54, 1.807) is 6.07 Å². The number of halogens is 4. The molecule has 0 fully saturated rings. The third-order valence-corrected chi connectivity index (χ3v) is 3.63. The van der Waals surface area contributed by atoms with Crippen molar-refractivity contribution >= 4 is 31.9 Å². The summed E-state index contributed by atoms with van der Waals surface area (Å²) in [4.78, 5) is 0. The molecule has 2 nitrogen and oxygen atoms in total. The lowest BCUT2D eigenvalue weighted by Gasteiger charge is -2.11. The first-order valence-electron chi connectivity index (χ1n) is 3.58. The third-order valence-electron chi connectivity index (χ3n) is 1.53. The van der Waals surface area contributed by atoms with E-state index in [0.717, 1.165) is 0 Å². The second-order valence-corrected chi connectivity index (χ2v) is 4.02. The molecule has 0 unspecified atom stereocenters. The molecule has 1 aromatic rings. The van der Waals surface area contributed by atoms with Gasteiger partial charge < -0.3 is 9.84 Å². The lowest BCUT2D eigenvalue weighted by Crippen LogP contribution is -2.05. The Hall–Kier alpha value is -0.200. The molecule has 0 heterocycles. The molecular formula is C8H6Br2F2O2. The first-order valence-corrected chi connectivity index (χ1v) is 5.17. The van der Waals surface area contributed by atoms with Crippen LogP contribution in [0.2, 0.25) is 0 Å². The van der Waals surface area contributed by atoms with Gasteiger partial charge in [0.2, 0.25) is 0 Å². The van der Waals surface area contributed by atoms with Crippen molar-refractivity contribution < 1.29 is 18.6 Å². The highest BCUT2D eigenvalue weighted by molar-refractivity contribution is 9.13. The molecule has 0 aromatic heterocycles. The number of aliphatic hydroxyl groups is 1. The average molecular weight is 332 g/mol. The van der Waals surface area contributed by atoms with Crippen molar-refractivity contribution in [3.8, 4) is 5.75 Å². The maximum atomic E-state index is 11.9. The zero-order chi connectivity index (χ0) is 10.7. The SMILES string of the molecule is OCc1c(OC(F)F)ccc(Br)c1Br. The summed E-state index contributed by atoms with van der Waals surface area (Å²) in [6.07, 6.45) is 0. The molecule has 1 aromatic carbocycles. The molecule has 6 heteroatoms. The summed E-state index contributed by atoms with van der Waals surface area (Å²) in [6.45, 7) is -3.27. The van der Waals surface area contributed by atoms with E-state index in [1.807, 2.05) is 0 Å². The summed E-state index contributed by atoms with van der Waals surface area (Å²) >= 11 is 6.34. The molecule has 1 rings (SSSR count). The Labute approximate surface area is 96.1 Å². The van der Waals surface area contributed by atoms with Gasteiger partial charge in [-0.15, -0.1) is 0 Å². The Kier molecular flexibility index (Phi) is 4.28. The third kappa shape index (κ3) is 2.65. The number of ether oxygens (including phenoxy) is 1. The highest BCUT2D eigenvalue weighted by Gasteiger charge is 2.13. The maximum Gasteiger partial charge on any atom is 0.387 e. The van der Waals surface area contributed by atoms with Crippen molar-refractivity contribution in [2.75, 3.05) is 0 Å². The van der Waals surface area contributed by atoms with Gasteiger partial charge in [0.1, 0.15) is 5.75 Å². The standard InChI is InChI=1S/C8H6Br2F2O2/c9-5-1-2-6(14-8(11)12)4(3-13)7(5)10/h1-2,8,13H,3H2. The summed E-state index contributed by atoms with van der Waals surface area (Å²) in [5.41, 5.74) is 0.291. The highest BCUT2D eigenvalue weighted by atomic mass is 79.9. The fraction of sp³-hybridized carbons (Fsp3) is 0.250. The van der Waals surface area contributed by atoms with Crippen molar-refractivity contribution in [2.45, 2.75) is 13.2 Å². The molecule has 1 N–H and O–H groups in total. The van der Waals surface area contributed by atoms with Gasteiger partial charge in [-0.05, 0) is 44.0 Å². The summed E-state index contributed by atoms with van der Waals surface area (Å²) in [6, 6.07) is 2.92. The number of hydrogen-bond donors (Lipinski definition) is 1. The Morgan fingerprint density at radius 2 is 2.00 bits per heavy atom. The van der Waals surface area contributed by atoms with E-state index in [-0.39, 0.29) is 12.4 Å². The number of alkyl halides is 2. The van der Waals surface area contributed by atoms with E-state index in [4.69, 9.17) is 5.11 Å². The molecule has 0 aliphatic heterocycles. The first kappa shape index (κ1) is 11.9. The zero-order valence-electron chi connectivity index (χ0n) is 6.81. The summed E-state index contributed by atoms with van der Waals surface area (Å²) < 4.78 is 29.3. The van der Waals surface area contributed by atoms with Gasteiger partial charge in [0.05, 0.1) is 6.61 Å². The van der Waals surface area contributed by atoms with Crippen LogP contribution in [0.4, 0.5) is 8.78 Å².